The van der Waals surface area contributed by atoms with E-state index in [0.717, 1.165) is 18.9 Å². The third kappa shape index (κ3) is 1.72. The first-order valence-corrected chi connectivity index (χ1v) is 5.98. The molecule has 86 valence electrons. The van der Waals surface area contributed by atoms with Crippen LogP contribution in [-0.4, -0.2) is 29.2 Å². The summed E-state index contributed by atoms with van der Waals surface area (Å²) in [5, 5.41) is 7.05. The van der Waals surface area contributed by atoms with E-state index in [1.54, 1.807) is 18.5 Å². The molecule has 2 N–H and O–H groups in total. The first-order valence-electron chi connectivity index (χ1n) is 5.60. The number of rotatable bonds is 1. The fourth-order valence-corrected chi connectivity index (χ4v) is 2.90. The molecule has 1 saturated heterocycles. The third-order valence-electron chi connectivity index (χ3n) is 3.53. The lowest BCUT2D eigenvalue weighted by molar-refractivity contribution is 0.234. The number of hydrogen-bond acceptors (Lipinski definition) is 2. The Balaban J connectivity index is 1.65. The number of nitrogens with one attached hydrogen (secondary N) is 2. The Morgan fingerprint density at radius 2 is 2.44 bits per heavy atom. The van der Waals surface area contributed by atoms with E-state index >= 15 is 0 Å². The lowest BCUT2D eigenvalue weighted by Crippen LogP contribution is -2.48. The van der Waals surface area contributed by atoms with Crippen LogP contribution in [0.15, 0.2) is 18.5 Å². The van der Waals surface area contributed by atoms with Gasteiger partial charge in [0.15, 0.2) is 0 Å². The van der Waals surface area contributed by atoms with E-state index in [2.05, 4.69) is 10.6 Å². The zero-order valence-corrected chi connectivity index (χ0v) is 9.57. The van der Waals surface area contributed by atoms with E-state index < -0.39 is 0 Å². The zero-order chi connectivity index (χ0) is 11.1. The van der Waals surface area contributed by atoms with E-state index in [4.69, 9.17) is 11.6 Å². The Labute approximate surface area is 99.0 Å². The van der Waals surface area contributed by atoms with Gasteiger partial charge in [0, 0.05) is 24.5 Å². The van der Waals surface area contributed by atoms with Crippen molar-refractivity contribution in [1.82, 2.24) is 15.2 Å². The van der Waals surface area contributed by atoms with Gasteiger partial charge in [0.05, 0.1) is 5.02 Å². The van der Waals surface area contributed by atoms with Gasteiger partial charge in [0.25, 0.3) is 0 Å². The molecule has 4 nitrogen and oxygen atoms in total. The van der Waals surface area contributed by atoms with Gasteiger partial charge in [-0.15, -0.1) is 0 Å². The largest absolute Gasteiger partial charge is 0.333 e. The normalized spacial score (nSPS) is 31.9. The van der Waals surface area contributed by atoms with Crippen molar-refractivity contribution in [2.45, 2.75) is 24.9 Å². The van der Waals surface area contributed by atoms with Gasteiger partial charge in [0.1, 0.15) is 0 Å². The first kappa shape index (κ1) is 10.2. The summed E-state index contributed by atoms with van der Waals surface area (Å²) in [6.45, 7) is 1.10. The molecule has 1 aliphatic carbocycles. The molecule has 3 rings (SSSR count). The topological polar surface area (TPSA) is 46.1 Å². The van der Waals surface area contributed by atoms with Crippen LogP contribution in [0.5, 0.6) is 0 Å². The molecule has 1 amide bonds. The molecule has 1 aliphatic heterocycles. The minimum absolute atomic E-state index is 0.0914. The summed E-state index contributed by atoms with van der Waals surface area (Å²) >= 11 is 5.77. The van der Waals surface area contributed by atoms with Crippen molar-refractivity contribution in [2.75, 3.05) is 6.54 Å². The summed E-state index contributed by atoms with van der Waals surface area (Å²) in [6, 6.07) is 2.35. The van der Waals surface area contributed by atoms with Gasteiger partial charge in [-0.05, 0) is 31.4 Å². The molecule has 3 unspecified atom stereocenters. The monoisotopic (exact) mass is 239 g/mol. The highest BCUT2D eigenvalue weighted by atomic mass is 35.5. The molecular formula is C11H14ClN3O. The van der Waals surface area contributed by atoms with E-state index in [1.807, 2.05) is 0 Å². The summed E-state index contributed by atoms with van der Waals surface area (Å²) in [4.78, 5) is 11.9. The maximum atomic E-state index is 11.9. The van der Waals surface area contributed by atoms with Crippen molar-refractivity contribution in [2.24, 2.45) is 5.92 Å². The number of carbonyl (C=O) groups is 1. The second kappa shape index (κ2) is 3.79. The Morgan fingerprint density at radius 3 is 3.00 bits per heavy atom. The van der Waals surface area contributed by atoms with Gasteiger partial charge in [-0.2, -0.15) is 0 Å². The highest BCUT2D eigenvalue weighted by Gasteiger charge is 2.40. The van der Waals surface area contributed by atoms with Crippen LogP contribution in [-0.2, 0) is 0 Å². The summed E-state index contributed by atoms with van der Waals surface area (Å²) in [6.07, 6.45) is 5.59. The summed E-state index contributed by atoms with van der Waals surface area (Å²) < 4.78 is 1.49. The first-order chi connectivity index (χ1) is 7.72. The van der Waals surface area contributed by atoms with Crippen molar-refractivity contribution in [3.05, 3.63) is 23.5 Å². The van der Waals surface area contributed by atoms with Crippen LogP contribution < -0.4 is 10.6 Å². The standard InChI is InChI=1S/C11H14ClN3O/c12-8-1-2-15(6-8)11(16)14-10-4-7-3-9(10)13-5-7/h1-2,6-7,9-10,13H,3-5H2,(H,14,16). The van der Waals surface area contributed by atoms with Crippen LogP contribution in [0.25, 0.3) is 0 Å². The van der Waals surface area contributed by atoms with Crippen molar-refractivity contribution >= 4 is 17.6 Å². The number of piperidine rings is 1. The lowest BCUT2D eigenvalue weighted by Gasteiger charge is -2.23. The van der Waals surface area contributed by atoms with E-state index in [1.165, 1.54) is 11.0 Å². The SMILES string of the molecule is O=C(NC1CC2CNC1C2)n1ccc(Cl)c1. The second-order valence-corrected chi connectivity index (χ2v) is 5.08. The molecule has 2 aliphatic rings. The molecular weight excluding hydrogens is 226 g/mol. The van der Waals surface area contributed by atoms with Crippen LogP contribution in [0.1, 0.15) is 12.8 Å². The maximum Gasteiger partial charge on any atom is 0.325 e. The van der Waals surface area contributed by atoms with Crippen LogP contribution in [0, 0.1) is 5.92 Å². The Kier molecular flexibility index (Phi) is 2.41. The Morgan fingerprint density at radius 1 is 1.56 bits per heavy atom. The van der Waals surface area contributed by atoms with Crippen molar-refractivity contribution in [3.63, 3.8) is 0 Å². The molecule has 2 heterocycles. The van der Waals surface area contributed by atoms with E-state index in [0.29, 0.717) is 11.1 Å². The number of carbonyl (C=O) groups excluding carboxylic acids is 1. The summed E-state index contributed by atoms with van der Waals surface area (Å²) in [5.41, 5.74) is 0. The fraction of sp³-hybridized carbons (Fsp3) is 0.545. The molecule has 1 saturated carbocycles. The molecule has 5 heteroatoms. The van der Waals surface area contributed by atoms with Gasteiger partial charge in [-0.25, -0.2) is 4.79 Å². The van der Waals surface area contributed by atoms with Gasteiger partial charge >= 0.3 is 6.03 Å². The average Bonchev–Trinajstić information content (AvgIpc) is 2.92. The molecule has 0 aromatic carbocycles. The molecule has 1 aromatic rings. The smallest absolute Gasteiger partial charge is 0.325 e. The molecule has 2 fully saturated rings. The Hall–Kier alpha value is -1.00. The zero-order valence-electron chi connectivity index (χ0n) is 8.82. The molecule has 3 atom stereocenters. The molecule has 16 heavy (non-hydrogen) atoms. The number of amides is 1. The quantitative estimate of drug-likeness (QED) is 0.779. The van der Waals surface area contributed by atoms with Gasteiger partial charge in [-0.3, -0.25) is 4.57 Å². The summed E-state index contributed by atoms with van der Waals surface area (Å²) in [7, 11) is 0. The fourth-order valence-electron chi connectivity index (χ4n) is 2.74. The second-order valence-electron chi connectivity index (χ2n) is 4.65. The van der Waals surface area contributed by atoms with Crippen molar-refractivity contribution in [1.29, 1.82) is 0 Å². The molecule has 1 aromatic heterocycles. The van der Waals surface area contributed by atoms with Crippen LogP contribution in [0.4, 0.5) is 4.79 Å². The number of fused-ring (bicyclic) bond motifs is 2. The van der Waals surface area contributed by atoms with Crippen LogP contribution in [0.3, 0.4) is 0 Å². The van der Waals surface area contributed by atoms with Gasteiger partial charge in [-0.1, -0.05) is 11.6 Å². The third-order valence-corrected chi connectivity index (χ3v) is 3.75. The number of nitrogens with zero attached hydrogens (tertiary/aromatic N) is 1. The van der Waals surface area contributed by atoms with E-state index in [9.17, 15) is 4.79 Å². The van der Waals surface area contributed by atoms with Gasteiger partial charge in [0.2, 0.25) is 0 Å². The van der Waals surface area contributed by atoms with Gasteiger partial charge < -0.3 is 10.6 Å². The predicted octanol–water partition coefficient (Wildman–Crippen LogP) is 1.45. The Bertz CT molecular complexity index is 417. The van der Waals surface area contributed by atoms with Crippen molar-refractivity contribution < 1.29 is 4.79 Å². The minimum Gasteiger partial charge on any atom is -0.333 e. The lowest BCUT2D eigenvalue weighted by atomic mass is 10.1. The minimum atomic E-state index is -0.0914. The van der Waals surface area contributed by atoms with Crippen LogP contribution >= 0.6 is 11.6 Å². The molecule has 2 bridgehead atoms. The predicted molar refractivity (Wildman–Crippen MR) is 61.7 cm³/mol. The molecule has 0 spiro atoms. The number of hydrogen-bond donors (Lipinski definition) is 2. The number of aromatic nitrogens is 1. The summed E-state index contributed by atoms with van der Waals surface area (Å²) in [5.74, 6) is 0.739. The highest BCUT2D eigenvalue weighted by molar-refractivity contribution is 6.30. The average molecular weight is 240 g/mol. The van der Waals surface area contributed by atoms with Crippen molar-refractivity contribution in [3.8, 4) is 0 Å². The van der Waals surface area contributed by atoms with E-state index in [-0.39, 0.29) is 12.1 Å². The molecule has 0 radical (unpaired) electrons. The highest BCUT2D eigenvalue weighted by Crippen LogP contribution is 2.31. The van der Waals surface area contributed by atoms with Crippen LogP contribution in [0.2, 0.25) is 5.02 Å². The number of halogens is 1. The maximum absolute atomic E-state index is 11.9.